The van der Waals surface area contributed by atoms with Gasteiger partial charge < -0.3 is 15.5 Å². The summed E-state index contributed by atoms with van der Waals surface area (Å²) in [6.45, 7) is 2.42. The second-order valence-corrected chi connectivity index (χ2v) is 8.06. The van der Waals surface area contributed by atoms with E-state index in [0.29, 0.717) is 17.8 Å². The van der Waals surface area contributed by atoms with Gasteiger partial charge in [-0.25, -0.2) is 4.39 Å². The van der Waals surface area contributed by atoms with Crippen molar-refractivity contribution in [2.45, 2.75) is 19.9 Å². The van der Waals surface area contributed by atoms with E-state index in [4.69, 9.17) is 0 Å². The van der Waals surface area contributed by atoms with Crippen molar-refractivity contribution in [1.82, 2.24) is 5.32 Å². The molecule has 0 aromatic heterocycles. The molecular formula is C26H24FN3O3. The van der Waals surface area contributed by atoms with Crippen molar-refractivity contribution >= 4 is 29.1 Å². The maximum Gasteiger partial charge on any atom is 0.253 e. The van der Waals surface area contributed by atoms with Crippen LogP contribution in [0.5, 0.6) is 0 Å². The zero-order valence-corrected chi connectivity index (χ0v) is 18.2. The largest absolute Gasteiger partial charge is 0.348 e. The van der Waals surface area contributed by atoms with E-state index in [-0.39, 0.29) is 36.4 Å². The molecule has 0 radical (unpaired) electrons. The average molecular weight is 445 g/mol. The van der Waals surface area contributed by atoms with Crippen LogP contribution < -0.4 is 15.5 Å². The normalized spacial score (nSPS) is 15.4. The molecule has 1 atom stereocenters. The zero-order chi connectivity index (χ0) is 23.4. The number of rotatable bonds is 6. The lowest BCUT2D eigenvalue weighted by Crippen LogP contribution is -2.30. The maximum absolute atomic E-state index is 14.1. The minimum atomic E-state index is -0.652. The van der Waals surface area contributed by atoms with Crippen molar-refractivity contribution in [3.8, 4) is 0 Å². The number of halogens is 1. The highest BCUT2D eigenvalue weighted by Crippen LogP contribution is 2.28. The maximum atomic E-state index is 14.1. The molecule has 1 heterocycles. The lowest BCUT2D eigenvalue weighted by Gasteiger charge is -2.17. The quantitative estimate of drug-likeness (QED) is 0.601. The summed E-state index contributed by atoms with van der Waals surface area (Å²) in [4.78, 5) is 39.4. The van der Waals surface area contributed by atoms with E-state index in [1.54, 1.807) is 36.4 Å². The van der Waals surface area contributed by atoms with Crippen LogP contribution in [-0.2, 0) is 16.1 Å². The molecule has 1 saturated heterocycles. The number of carbonyl (C=O) groups excluding carboxylic acids is 3. The average Bonchev–Trinajstić information content (AvgIpc) is 3.20. The molecule has 0 bridgehead atoms. The summed E-state index contributed by atoms with van der Waals surface area (Å²) in [5.41, 5.74) is 2.93. The highest BCUT2D eigenvalue weighted by Gasteiger charge is 2.36. The Labute approximate surface area is 191 Å². The number of hydrogen-bond acceptors (Lipinski definition) is 3. The molecule has 3 amide bonds. The number of nitrogens with zero attached hydrogens (tertiary/aromatic N) is 1. The van der Waals surface area contributed by atoms with Crippen molar-refractivity contribution in [2.24, 2.45) is 5.92 Å². The Morgan fingerprint density at radius 2 is 1.79 bits per heavy atom. The highest BCUT2D eigenvalue weighted by molar-refractivity contribution is 6.07. The van der Waals surface area contributed by atoms with Gasteiger partial charge in [0, 0.05) is 19.5 Å². The molecule has 1 aliphatic rings. The molecular weight excluding hydrogens is 421 g/mol. The second-order valence-electron chi connectivity index (χ2n) is 8.06. The first kappa shape index (κ1) is 22.2. The van der Waals surface area contributed by atoms with E-state index in [0.717, 1.165) is 11.1 Å². The summed E-state index contributed by atoms with van der Waals surface area (Å²) in [5.74, 6) is -2.18. The van der Waals surface area contributed by atoms with Crippen molar-refractivity contribution in [1.29, 1.82) is 0 Å². The molecule has 0 saturated carbocycles. The molecule has 2 N–H and O–H groups in total. The van der Waals surface area contributed by atoms with Crippen molar-refractivity contribution < 1.29 is 18.8 Å². The van der Waals surface area contributed by atoms with Gasteiger partial charge in [0.25, 0.3) is 5.91 Å². The van der Waals surface area contributed by atoms with Gasteiger partial charge in [-0.2, -0.15) is 0 Å². The minimum Gasteiger partial charge on any atom is -0.348 e. The molecule has 3 aromatic rings. The molecule has 7 heteroatoms. The third-order valence-electron chi connectivity index (χ3n) is 5.60. The molecule has 4 rings (SSSR count). The second kappa shape index (κ2) is 9.65. The number of benzene rings is 3. The summed E-state index contributed by atoms with van der Waals surface area (Å²) in [6.07, 6.45) is -0.0259. The van der Waals surface area contributed by atoms with Gasteiger partial charge in [0.05, 0.1) is 22.9 Å². The molecule has 0 spiro atoms. The first-order chi connectivity index (χ1) is 15.9. The van der Waals surface area contributed by atoms with Gasteiger partial charge in [-0.3, -0.25) is 14.4 Å². The molecule has 3 aromatic carbocycles. The molecule has 6 nitrogen and oxygen atoms in total. The summed E-state index contributed by atoms with van der Waals surface area (Å²) in [7, 11) is 0. The van der Waals surface area contributed by atoms with E-state index >= 15 is 0 Å². The highest BCUT2D eigenvalue weighted by atomic mass is 19.1. The van der Waals surface area contributed by atoms with E-state index in [1.807, 2.05) is 31.2 Å². The minimum absolute atomic E-state index is 0.0259. The van der Waals surface area contributed by atoms with Crippen LogP contribution in [0.1, 0.15) is 27.9 Å². The van der Waals surface area contributed by atoms with Gasteiger partial charge in [-0.1, -0.05) is 54.1 Å². The van der Waals surface area contributed by atoms with Crippen molar-refractivity contribution in [3.05, 3.63) is 95.3 Å². The summed E-state index contributed by atoms with van der Waals surface area (Å²) in [5, 5.41) is 5.65. The van der Waals surface area contributed by atoms with Crippen LogP contribution in [0.15, 0.2) is 72.8 Å². The fourth-order valence-electron chi connectivity index (χ4n) is 3.91. The third-order valence-corrected chi connectivity index (χ3v) is 5.60. The van der Waals surface area contributed by atoms with E-state index < -0.39 is 11.7 Å². The molecule has 168 valence electrons. The van der Waals surface area contributed by atoms with Crippen LogP contribution in [0, 0.1) is 18.7 Å². The van der Waals surface area contributed by atoms with Crippen LogP contribution in [0.2, 0.25) is 0 Å². The van der Waals surface area contributed by atoms with Gasteiger partial charge in [0.2, 0.25) is 11.8 Å². The fraction of sp³-hybridized carbons (Fsp3) is 0.192. The van der Waals surface area contributed by atoms with Crippen LogP contribution >= 0.6 is 0 Å². The van der Waals surface area contributed by atoms with Crippen molar-refractivity contribution in [2.75, 3.05) is 16.8 Å². The lowest BCUT2D eigenvalue weighted by molar-refractivity contribution is -0.122. The zero-order valence-electron chi connectivity index (χ0n) is 18.2. The third kappa shape index (κ3) is 5.09. The van der Waals surface area contributed by atoms with Gasteiger partial charge in [-0.05, 0) is 36.8 Å². The predicted molar refractivity (Wildman–Crippen MR) is 124 cm³/mol. The molecule has 33 heavy (non-hydrogen) atoms. The Bertz CT molecular complexity index is 1210. The van der Waals surface area contributed by atoms with Crippen LogP contribution in [0.25, 0.3) is 0 Å². The first-order valence-corrected chi connectivity index (χ1v) is 10.7. The molecule has 1 aliphatic heterocycles. The lowest BCUT2D eigenvalue weighted by atomic mass is 10.1. The number of para-hydroxylation sites is 2. The topological polar surface area (TPSA) is 78.5 Å². The van der Waals surface area contributed by atoms with Gasteiger partial charge in [-0.15, -0.1) is 0 Å². The number of anilines is 2. The molecule has 1 fully saturated rings. The van der Waals surface area contributed by atoms with Crippen LogP contribution in [0.4, 0.5) is 15.8 Å². The summed E-state index contributed by atoms with van der Waals surface area (Å²) < 4.78 is 14.1. The van der Waals surface area contributed by atoms with E-state index in [2.05, 4.69) is 10.6 Å². The number of nitrogens with one attached hydrogen (secondary N) is 2. The standard InChI is InChI=1S/C26H24FN3O3/c1-17-7-6-8-18(13-17)15-28-26(33)20-9-2-4-11-22(20)29-25(32)19-14-24(31)30(16-19)23-12-5-3-10-21(23)27/h2-13,19H,14-16H2,1H3,(H,28,33)(H,29,32)/t19-/m0/s1. The monoisotopic (exact) mass is 445 g/mol. The predicted octanol–water partition coefficient (Wildman–Crippen LogP) is 4.06. The van der Waals surface area contributed by atoms with E-state index in [1.165, 1.54) is 17.0 Å². The fourth-order valence-corrected chi connectivity index (χ4v) is 3.91. The number of carbonyl (C=O) groups is 3. The number of amides is 3. The summed E-state index contributed by atoms with van der Waals surface area (Å²) >= 11 is 0. The SMILES string of the molecule is Cc1cccc(CNC(=O)c2ccccc2NC(=O)[C@H]2CC(=O)N(c3ccccc3F)C2)c1. The Kier molecular flexibility index (Phi) is 6.49. The van der Waals surface area contributed by atoms with Gasteiger partial charge in [0.15, 0.2) is 0 Å². The van der Waals surface area contributed by atoms with Gasteiger partial charge in [0.1, 0.15) is 5.82 Å². The number of aryl methyl sites for hydroxylation is 1. The van der Waals surface area contributed by atoms with Crippen molar-refractivity contribution in [3.63, 3.8) is 0 Å². The smallest absolute Gasteiger partial charge is 0.253 e. The Hall–Kier alpha value is -4.00. The van der Waals surface area contributed by atoms with Gasteiger partial charge >= 0.3 is 0 Å². The van der Waals surface area contributed by atoms with Crippen LogP contribution in [-0.4, -0.2) is 24.3 Å². The Morgan fingerprint density at radius 1 is 1.03 bits per heavy atom. The van der Waals surface area contributed by atoms with Crippen LogP contribution in [0.3, 0.4) is 0 Å². The molecule has 0 aliphatic carbocycles. The summed E-state index contributed by atoms with van der Waals surface area (Å²) in [6, 6.07) is 20.5. The number of hydrogen-bond donors (Lipinski definition) is 2. The van der Waals surface area contributed by atoms with E-state index in [9.17, 15) is 18.8 Å². The first-order valence-electron chi connectivity index (χ1n) is 10.7. The Balaban J connectivity index is 1.43. The molecule has 0 unspecified atom stereocenters. The Morgan fingerprint density at radius 3 is 2.58 bits per heavy atom.